The maximum absolute atomic E-state index is 5.81. The molecule has 1 heterocycles. The molecule has 1 N–H and O–H groups in total. The molecule has 0 bridgehead atoms. The molecule has 0 amide bonds. The smallest absolute Gasteiger partial charge is 0.196 e. The fourth-order valence-corrected chi connectivity index (χ4v) is 2.04. The molecule has 2 aromatic carbocycles. The van der Waals surface area contributed by atoms with Crippen LogP contribution in [-0.2, 0) is 0 Å². The number of hydrogen-bond donors (Lipinski definition) is 1. The van der Waals surface area contributed by atoms with Gasteiger partial charge in [0.2, 0.25) is 0 Å². The van der Waals surface area contributed by atoms with Crippen molar-refractivity contribution >= 4 is 21.6 Å². The van der Waals surface area contributed by atoms with Crippen molar-refractivity contribution in [1.82, 2.24) is 0 Å². The van der Waals surface area contributed by atoms with Crippen molar-refractivity contribution in [1.29, 1.82) is 0 Å². The van der Waals surface area contributed by atoms with Crippen molar-refractivity contribution in [2.75, 3.05) is 5.32 Å². The minimum absolute atomic E-state index is 0.0782. The summed E-state index contributed by atoms with van der Waals surface area (Å²) in [7, 11) is 0. The maximum Gasteiger partial charge on any atom is 0.196 e. The molecular formula is C13H10BrNO. The quantitative estimate of drug-likeness (QED) is 0.851. The van der Waals surface area contributed by atoms with E-state index in [1.807, 2.05) is 48.5 Å². The lowest BCUT2D eigenvalue weighted by Gasteiger charge is -2.11. The summed E-state index contributed by atoms with van der Waals surface area (Å²) >= 11 is 3.42. The number of fused-ring (bicyclic) bond motifs is 1. The summed E-state index contributed by atoms with van der Waals surface area (Å²) in [5, 5.41) is 3.33. The number of para-hydroxylation sites is 2. The fourth-order valence-electron chi connectivity index (χ4n) is 1.78. The molecule has 0 aliphatic carbocycles. The Morgan fingerprint density at radius 2 is 1.75 bits per heavy atom. The highest BCUT2D eigenvalue weighted by molar-refractivity contribution is 9.10. The molecule has 0 spiro atoms. The zero-order chi connectivity index (χ0) is 11.0. The molecule has 1 aliphatic rings. The lowest BCUT2D eigenvalue weighted by Crippen LogP contribution is -2.09. The molecule has 0 saturated carbocycles. The third-order valence-corrected chi connectivity index (χ3v) is 3.12. The Morgan fingerprint density at radius 3 is 2.50 bits per heavy atom. The topological polar surface area (TPSA) is 21.3 Å². The van der Waals surface area contributed by atoms with E-state index in [4.69, 9.17) is 4.74 Å². The minimum atomic E-state index is -0.0782. The highest BCUT2D eigenvalue weighted by Crippen LogP contribution is 2.37. The Morgan fingerprint density at radius 1 is 1.00 bits per heavy atom. The summed E-state index contributed by atoms with van der Waals surface area (Å²) in [5.74, 6) is 0.912. The van der Waals surface area contributed by atoms with E-state index in [0.717, 1.165) is 21.5 Å². The predicted octanol–water partition coefficient (Wildman–Crippen LogP) is 3.95. The Labute approximate surface area is 102 Å². The molecule has 1 aliphatic heterocycles. The maximum atomic E-state index is 5.81. The second-order valence-electron chi connectivity index (χ2n) is 3.69. The SMILES string of the molecule is Brc1ccc(C2Nc3ccccc3O2)cc1. The highest BCUT2D eigenvalue weighted by atomic mass is 79.9. The average Bonchev–Trinajstić information content (AvgIpc) is 2.73. The van der Waals surface area contributed by atoms with Gasteiger partial charge in [0.25, 0.3) is 0 Å². The summed E-state index contributed by atoms with van der Waals surface area (Å²) in [6, 6.07) is 16.1. The molecule has 0 saturated heterocycles. The number of nitrogens with one attached hydrogen (secondary N) is 1. The van der Waals surface area contributed by atoms with Gasteiger partial charge in [-0.2, -0.15) is 0 Å². The van der Waals surface area contributed by atoms with Crippen LogP contribution in [-0.4, -0.2) is 0 Å². The molecule has 3 heteroatoms. The number of halogens is 1. The third kappa shape index (κ3) is 1.67. The van der Waals surface area contributed by atoms with Crippen LogP contribution >= 0.6 is 15.9 Å². The molecule has 1 unspecified atom stereocenters. The van der Waals surface area contributed by atoms with Gasteiger partial charge in [0.1, 0.15) is 5.75 Å². The minimum Gasteiger partial charge on any atom is -0.464 e. The zero-order valence-electron chi connectivity index (χ0n) is 8.48. The van der Waals surface area contributed by atoms with Gasteiger partial charge in [-0.05, 0) is 24.3 Å². The third-order valence-electron chi connectivity index (χ3n) is 2.59. The van der Waals surface area contributed by atoms with Gasteiger partial charge < -0.3 is 10.1 Å². The van der Waals surface area contributed by atoms with Crippen LogP contribution in [0.5, 0.6) is 5.75 Å². The van der Waals surface area contributed by atoms with Crippen molar-refractivity contribution in [3.8, 4) is 5.75 Å². The van der Waals surface area contributed by atoms with Crippen LogP contribution in [0.2, 0.25) is 0 Å². The molecular weight excluding hydrogens is 266 g/mol. The zero-order valence-corrected chi connectivity index (χ0v) is 10.1. The lowest BCUT2D eigenvalue weighted by molar-refractivity contribution is 0.260. The summed E-state index contributed by atoms with van der Waals surface area (Å²) in [6.07, 6.45) is -0.0782. The second-order valence-corrected chi connectivity index (χ2v) is 4.61. The number of hydrogen-bond acceptors (Lipinski definition) is 2. The van der Waals surface area contributed by atoms with Gasteiger partial charge >= 0.3 is 0 Å². The lowest BCUT2D eigenvalue weighted by atomic mass is 10.2. The van der Waals surface area contributed by atoms with E-state index in [-0.39, 0.29) is 6.23 Å². The monoisotopic (exact) mass is 275 g/mol. The summed E-state index contributed by atoms with van der Waals surface area (Å²) in [6.45, 7) is 0. The van der Waals surface area contributed by atoms with Crippen LogP contribution in [0.15, 0.2) is 53.0 Å². The van der Waals surface area contributed by atoms with Crippen molar-refractivity contribution in [2.24, 2.45) is 0 Å². The standard InChI is InChI=1S/C13H10BrNO/c14-10-7-5-9(6-8-10)13-15-11-3-1-2-4-12(11)16-13/h1-8,13,15H. The van der Waals surface area contributed by atoms with Gasteiger partial charge in [0.05, 0.1) is 5.69 Å². The van der Waals surface area contributed by atoms with Crippen LogP contribution in [0.4, 0.5) is 5.69 Å². The second kappa shape index (κ2) is 3.83. The number of ether oxygens (including phenoxy) is 1. The molecule has 0 radical (unpaired) electrons. The van der Waals surface area contributed by atoms with Crippen molar-refractivity contribution in [3.63, 3.8) is 0 Å². The summed E-state index contributed by atoms with van der Waals surface area (Å²) in [4.78, 5) is 0. The average molecular weight is 276 g/mol. The van der Waals surface area contributed by atoms with E-state index in [0.29, 0.717) is 0 Å². The van der Waals surface area contributed by atoms with E-state index < -0.39 is 0 Å². The van der Waals surface area contributed by atoms with Crippen LogP contribution in [0.25, 0.3) is 0 Å². The van der Waals surface area contributed by atoms with Gasteiger partial charge in [-0.3, -0.25) is 0 Å². The first-order chi connectivity index (χ1) is 7.83. The molecule has 3 rings (SSSR count). The van der Waals surface area contributed by atoms with Crippen LogP contribution < -0.4 is 10.1 Å². The van der Waals surface area contributed by atoms with Crippen LogP contribution in [0, 0.1) is 0 Å². The normalized spacial score (nSPS) is 17.4. The van der Waals surface area contributed by atoms with Crippen molar-refractivity contribution < 1.29 is 4.74 Å². The molecule has 2 aromatic rings. The van der Waals surface area contributed by atoms with E-state index in [1.54, 1.807) is 0 Å². The Hall–Kier alpha value is -1.48. The van der Waals surface area contributed by atoms with Crippen molar-refractivity contribution in [3.05, 3.63) is 58.6 Å². The summed E-state index contributed by atoms with van der Waals surface area (Å²) < 4.78 is 6.88. The van der Waals surface area contributed by atoms with E-state index >= 15 is 0 Å². The first-order valence-electron chi connectivity index (χ1n) is 5.10. The molecule has 0 aromatic heterocycles. The number of rotatable bonds is 1. The molecule has 1 atom stereocenters. The first kappa shape index (κ1) is 9.73. The molecule has 2 nitrogen and oxygen atoms in total. The Bertz CT molecular complexity index is 485. The molecule has 80 valence electrons. The largest absolute Gasteiger partial charge is 0.464 e. The van der Waals surface area contributed by atoms with Gasteiger partial charge in [0, 0.05) is 10.0 Å². The summed E-state index contributed by atoms with van der Waals surface area (Å²) in [5.41, 5.74) is 2.18. The predicted molar refractivity (Wildman–Crippen MR) is 67.6 cm³/mol. The van der Waals surface area contributed by atoms with Gasteiger partial charge in [-0.15, -0.1) is 0 Å². The first-order valence-corrected chi connectivity index (χ1v) is 5.90. The number of benzene rings is 2. The highest BCUT2D eigenvalue weighted by Gasteiger charge is 2.22. The van der Waals surface area contributed by atoms with E-state index in [2.05, 4.69) is 21.2 Å². The fraction of sp³-hybridized carbons (Fsp3) is 0.0769. The Balaban J connectivity index is 1.88. The molecule has 0 fully saturated rings. The number of anilines is 1. The van der Waals surface area contributed by atoms with E-state index in [1.165, 1.54) is 0 Å². The Kier molecular flexibility index (Phi) is 2.33. The van der Waals surface area contributed by atoms with Gasteiger partial charge in [-0.1, -0.05) is 40.2 Å². The van der Waals surface area contributed by atoms with Gasteiger partial charge in [-0.25, -0.2) is 0 Å². The van der Waals surface area contributed by atoms with Crippen LogP contribution in [0.1, 0.15) is 11.8 Å². The van der Waals surface area contributed by atoms with E-state index in [9.17, 15) is 0 Å². The van der Waals surface area contributed by atoms with Crippen molar-refractivity contribution in [2.45, 2.75) is 6.23 Å². The molecule has 16 heavy (non-hydrogen) atoms. The van der Waals surface area contributed by atoms with Gasteiger partial charge in [0.15, 0.2) is 6.23 Å². The van der Waals surface area contributed by atoms with Crippen LogP contribution in [0.3, 0.4) is 0 Å².